The standard InChI is InChI=1S/C14H15NO3/c1-4-5-8-15-13(16)11-9(2)6-7-10(3)12(11)14(17)18/h1,6-7H,5,8H2,2-3H3,(H,15,16)(H,17,18). The first-order valence-electron chi connectivity index (χ1n) is 5.54. The summed E-state index contributed by atoms with van der Waals surface area (Å²) >= 11 is 0. The number of aryl methyl sites for hydroxylation is 2. The summed E-state index contributed by atoms with van der Waals surface area (Å²) in [7, 11) is 0. The van der Waals surface area contributed by atoms with E-state index in [1.807, 2.05) is 0 Å². The molecule has 0 unspecified atom stereocenters. The molecule has 0 saturated carbocycles. The number of nitrogens with one attached hydrogen (secondary N) is 1. The Morgan fingerprint density at radius 1 is 1.28 bits per heavy atom. The van der Waals surface area contributed by atoms with E-state index in [2.05, 4.69) is 11.2 Å². The highest BCUT2D eigenvalue weighted by Crippen LogP contribution is 2.18. The molecule has 2 N–H and O–H groups in total. The van der Waals surface area contributed by atoms with E-state index in [0.717, 1.165) is 0 Å². The third kappa shape index (κ3) is 2.89. The minimum Gasteiger partial charge on any atom is -0.478 e. The van der Waals surface area contributed by atoms with Gasteiger partial charge in [0.1, 0.15) is 0 Å². The molecule has 94 valence electrons. The molecule has 0 atom stereocenters. The molecule has 0 saturated heterocycles. The van der Waals surface area contributed by atoms with Crippen molar-refractivity contribution in [1.29, 1.82) is 0 Å². The van der Waals surface area contributed by atoms with E-state index >= 15 is 0 Å². The third-order valence-corrected chi connectivity index (χ3v) is 2.62. The fourth-order valence-electron chi connectivity index (χ4n) is 1.72. The second-order valence-electron chi connectivity index (χ2n) is 3.96. The largest absolute Gasteiger partial charge is 0.478 e. The smallest absolute Gasteiger partial charge is 0.336 e. The van der Waals surface area contributed by atoms with E-state index < -0.39 is 11.9 Å². The van der Waals surface area contributed by atoms with Crippen LogP contribution in [0.25, 0.3) is 0 Å². The molecule has 0 heterocycles. The summed E-state index contributed by atoms with van der Waals surface area (Å²) in [6.45, 7) is 3.71. The van der Waals surface area contributed by atoms with Crippen LogP contribution in [-0.2, 0) is 0 Å². The van der Waals surface area contributed by atoms with E-state index in [9.17, 15) is 14.7 Å². The van der Waals surface area contributed by atoms with E-state index in [1.54, 1.807) is 26.0 Å². The quantitative estimate of drug-likeness (QED) is 0.627. The van der Waals surface area contributed by atoms with Gasteiger partial charge >= 0.3 is 5.97 Å². The molecule has 4 nitrogen and oxygen atoms in total. The second-order valence-corrected chi connectivity index (χ2v) is 3.96. The maximum absolute atomic E-state index is 12.0. The predicted octanol–water partition coefficient (Wildman–Crippen LogP) is 1.75. The number of hydrogen-bond donors (Lipinski definition) is 2. The lowest BCUT2D eigenvalue weighted by molar-refractivity contribution is 0.0690. The Balaban J connectivity index is 3.14. The van der Waals surface area contributed by atoms with Crippen LogP contribution in [-0.4, -0.2) is 23.5 Å². The molecule has 0 spiro atoms. The Hall–Kier alpha value is -2.28. The number of hydrogen-bond acceptors (Lipinski definition) is 2. The molecule has 1 aromatic rings. The van der Waals surface area contributed by atoms with Gasteiger partial charge in [-0.1, -0.05) is 12.1 Å². The Labute approximate surface area is 106 Å². The van der Waals surface area contributed by atoms with Crippen molar-refractivity contribution in [2.75, 3.05) is 6.54 Å². The van der Waals surface area contributed by atoms with Gasteiger partial charge in [0.25, 0.3) is 5.91 Å². The van der Waals surface area contributed by atoms with Gasteiger partial charge in [-0.15, -0.1) is 12.3 Å². The van der Waals surface area contributed by atoms with E-state index in [0.29, 0.717) is 24.1 Å². The number of carboxylic acids is 1. The molecule has 18 heavy (non-hydrogen) atoms. The van der Waals surface area contributed by atoms with Gasteiger partial charge in [0, 0.05) is 13.0 Å². The van der Waals surface area contributed by atoms with E-state index in [-0.39, 0.29) is 11.1 Å². The van der Waals surface area contributed by atoms with Crippen LogP contribution in [0.5, 0.6) is 0 Å². The summed E-state index contributed by atoms with van der Waals surface area (Å²) < 4.78 is 0. The maximum atomic E-state index is 12.0. The highest BCUT2D eigenvalue weighted by molar-refractivity contribution is 6.06. The van der Waals surface area contributed by atoms with Crippen molar-refractivity contribution >= 4 is 11.9 Å². The first-order chi connectivity index (χ1) is 8.49. The van der Waals surface area contributed by atoms with Gasteiger partial charge in [0.15, 0.2) is 0 Å². The number of carboxylic acid groups (broad SMARTS) is 1. The number of aromatic carboxylic acids is 1. The normalized spacial score (nSPS) is 9.61. The van der Waals surface area contributed by atoms with E-state index in [1.165, 1.54) is 0 Å². The molecule has 0 fully saturated rings. The molecule has 4 heteroatoms. The molecular formula is C14H15NO3. The predicted molar refractivity (Wildman–Crippen MR) is 68.7 cm³/mol. The average molecular weight is 245 g/mol. The average Bonchev–Trinajstić information content (AvgIpc) is 2.31. The summed E-state index contributed by atoms with van der Waals surface area (Å²) in [5.74, 6) is 0.909. The van der Waals surface area contributed by atoms with Gasteiger partial charge in [-0.2, -0.15) is 0 Å². The zero-order valence-corrected chi connectivity index (χ0v) is 10.4. The van der Waals surface area contributed by atoms with Crippen LogP contribution in [0.4, 0.5) is 0 Å². The highest BCUT2D eigenvalue weighted by atomic mass is 16.4. The van der Waals surface area contributed by atoms with Gasteiger partial charge in [-0.25, -0.2) is 4.79 Å². The fraction of sp³-hybridized carbons (Fsp3) is 0.286. The van der Waals surface area contributed by atoms with Gasteiger partial charge < -0.3 is 10.4 Å². The number of benzene rings is 1. The van der Waals surface area contributed by atoms with Crippen molar-refractivity contribution in [1.82, 2.24) is 5.32 Å². The SMILES string of the molecule is C#CCCNC(=O)c1c(C)ccc(C)c1C(=O)O. The lowest BCUT2D eigenvalue weighted by Crippen LogP contribution is -2.27. The molecule has 1 aromatic carbocycles. The summed E-state index contributed by atoms with van der Waals surface area (Å²) in [5.41, 5.74) is 1.46. The lowest BCUT2D eigenvalue weighted by Gasteiger charge is -2.12. The first-order valence-corrected chi connectivity index (χ1v) is 5.54. The Morgan fingerprint density at radius 3 is 2.33 bits per heavy atom. The van der Waals surface area contributed by atoms with Crippen LogP contribution in [0.3, 0.4) is 0 Å². The van der Waals surface area contributed by atoms with Gasteiger partial charge in [0.2, 0.25) is 0 Å². The molecule has 1 rings (SSSR count). The van der Waals surface area contributed by atoms with Crippen LogP contribution in [0.15, 0.2) is 12.1 Å². The summed E-state index contributed by atoms with van der Waals surface area (Å²) in [4.78, 5) is 23.2. The van der Waals surface area contributed by atoms with Gasteiger partial charge in [-0.3, -0.25) is 4.79 Å². The Kier molecular flexibility index (Phi) is 4.50. The number of terminal acetylenes is 1. The topological polar surface area (TPSA) is 66.4 Å². The first kappa shape index (κ1) is 13.8. The van der Waals surface area contributed by atoms with Crippen molar-refractivity contribution in [3.63, 3.8) is 0 Å². The second kappa shape index (κ2) is 5.87. The summed E-state index contributed by atoms with van der Waals surface area (Å²) in [5, 5.41) is 11.8. The molecule has 0 aliphatic rings. The Morgan fingerprint density at radius 2 is 1.83 bits per heavy atom. The van der Waals surface area contributed by atoms with Crippen LogP contribution < -0.4 is 5.32 Å². The number of carbonyl (C=O) groups is 2. The van der Waals surface area contributed by atoms with Gasteiger partial charge in [-0.05, 0) is 25.0 Å². The zero-order valence-electron chi connectivity index (χ0n) is 10.4. The van der Waals surface area contributed by atoms with Crippen molar-refractivity contribution < 1.29 is 14.7 Å². The van der Waals surface area contributed by atoms with Crippen molar-refractivity contribution in [2.45, 2.75) is 20.3 Å². The van der Waals surface area contributed by atoms with Crippen LogP contribution in [0, 0.1) is 26.2 Å². The molecule has 0 aliphatic carbocycles. The van der Waals surface area contributed by atoms with E-state index in [4.69, 9.17) is 6.42 Å². The molecular weight excluding hydrogens is 230 g/mol. The third-order valence-electron chi connectivity index (χ3n) is 2.62. The minimum atomic E-state index is -1.10. The number of rotatable bonds is 4. The molecule has 0 aliphatic heterocycles. The maximum Gasteiger partial charge on any atom is 0.336 e. The highest BCUT2D eigenvalue weighted by Gasteiger charge is 2.20. The van der Waals surface area contributed by atoms with Crippen molar-refractivity contribution in [3.8, 4) is 12.3 Å². The van der Waals surface area contributed by atoms with Crippen LogP contribution >= 0.6 is 0 Å². The summed E-state index contributed by atoms with van der Waals surface area (Å²) in [6, 6.07) is 3.43. The fourth-order valence-corrected chi connectivity index (χ4v) is 1.72. The lowest BCUT2D eigenvalue weighted by atomic mass is 9.96. The van der Waals surface area contributed by atoms with Crippen molar-refractivity contribution in [3.05, 3.63) is 34.4 Å². The minimum absolute atomic E-state index is 0.0493. The molecule has 0 radical (unpaired) electrons. The van der Waals surface area contributed by atoms with Crippen LogP contribution in [0.2, 0.25) is 0 Å². The van der Waals surface area contributed by atoms with Crippen molar-refractivity contribution in [2.24, 2.45) is 0 Å². The zero-order chi connectivity index (χ0) is 13.7. The van der Waals surface area contributed by atoms with Crippen LogP contribution in [0.1, 0.15) is 38.3 Å². The molecule has 0 bridgehead atoms. The molecule has 1 amide bonds. The number of carbonyl (C=O) groups excluding carboxylic acids is 1. The molecule has 0 aromatic heterocycles. The van der Waals surface area contributed by atoms with Gasteiger partial charge in [0.05, 0.1) is 11.1 Å². The Bertz CT molecular complexity index is 527. The number of amides is 1. The summed E-state index contributed by atoms with van der Waals surface area (Å²) in [6.07, 6.45) is 5.51. The monoisotopic (exact) mass is 245 g/mol.